The monoisotopic (exact) mass is 371 g/mol. The predicted molar refractivity (Wildman–Crippen MR) is 98.1 cm³/mol. The van der Waals surface area contributed by atoms with Crippen LogP contribution in [0.4, 0.5) is 11.4 Å². The third-order valence-electron chi connectivity index (χ3n) is 3.70. The molecule has 0 saturated carbocycles. The second-order valence-electron chi connectivity index (χ2n) is 5.76. The number of hydrogen-bond donors (Lipinski definition) is 1. The molecule has 2 unspecified atom stereocenters. The van der Waals surface area contributed by atoms with Crippen LogP contribution in [-0.4, -0.2) is 30.3 Å². The van der Waals surface area contributed by atoms with Crippen LogP contribution in [0.15, 0.2) is 24.4 Å². The van der Waals surface area contributed by atoms with Crippen LogP contribution in [0.3, 0.4) is 0 Å². The summed E-state index contributed by atoms with van der Waals surface area (Å²) in [5.41, 5.74) is 2.04. The average Bonchev–Trinajstić information content (AvgIpc) is 2.90. The van der Waals surface area contributed by atoms with Crippen molar-refractivity contribution in [2.75, 3.05) is 23.3 Å². The first-order valence-electron chi connectivity index (χ1n) is 7.55. The smallest absolute Gasteiger partial charge is 0.183 e. The number of ether oxygens (including phenoxy) is 1. The molecule has 0 aliphatic carbocycles. The molecular weight excluding hydrogens is 353 g/mol. The number of benzene rings is 1. The SMILES string of the molecule is CC1CN(c2ccc(NCc3cnc(Cl)s3)cc2Cl)CC(C)O1. The van der Waals surface area contributed by atoms with E-state index in [1.165, 1.54) is 11.3 Å². The van der Waals surface area contributed by atoms with Gasteiger partial charge in [-0.15, -0.1) is 11.3 Å². The molecule has 1 fully saturated rings. The second kappa shape index (κ2) is 7.26. The van der Waals surface area contributed by atoms with Crippen LogP contribution in [0.25, 0.3) is 0 Å². The van der Waals surface area contributed by atoms with E-state index in [1.54, 1.807) is 6.20 Å². The predicted octanol–water partition coefficient (Wildman–Crippen LogP) is 4.68. The van der Waals surface area contributed by atoms with Crippen molar-refractivity contribution < 1.29 is 4.74 Å². The second-order valence-corrected chi connectivity index (χ2v) is 7.87. The zero-order valence-corrected chi connectivity index (χ0v) is 15.4. The van der Waals surface area contributed by atoms with Gasteiger partial charge < -0.3 is 15.0 Å². The van der Waals surface area contributed by atoms with Crippen LogP contribution in [-0.2, 0) is 11.3 Å². The number of anilines is 2. The lowest BCUT2D eigenvalue weighted by molar-refractivity contribution is -0.00520. The molecule has 7 heteroatoms. The van der Waals surface area contributed by atoms with Crippen molar-refractivity contribution in [3.63, 3.8) is 0 Å². The third-order valence-corrected chi connectivity index (χ3v) is 5.12. The lowest BCUT2D eigenvalue weighted by Gasteiger charge is -2.37. The molecule has 0 amide bonds. The average molecular weight is 372 g/mol. The van der Waals surface area contributed by atoms with Crippen LogP contribution in [0, 0.1) is 0 Å². The number of hydrogen-bond acceptors (Lipinski definition) is 5. The normalized spacial score (nSPS) is 21.5. The van der Waals surface area contributed by atoms with Crippen LogP contribution < -0.4 is 10.2 Å². The van der Waals surface area contributed by atoms with Gasteiger partial charge in [-0.2, -0.15) is 0 Å². The summed E-state index contributed by atoms with van der Waals surface area (Å²) < 4.78 is 6.34. The molecule has 1 N–H and O–H groups in total. The lowest BCUT2D eigenvalue weighted by atomic mass is 10.2. The zero-order valence-electron chi connectivity index (χ0n) is 13.1. The minimum Gasteiger partial charge on any atom is -0.380 e. The molecule has 1 aromatic carbocycles. The summed E-state index contributed by atoms with van der Waals surface area (Å²) in [7, 11) is 0. The molecule has 1 saturated heterocycles. The summed E-state index contributed by atoms with van der Waals surface area (Å²) >= 11 is 13.8. The van der Waals surface area contributed by atoms with Gasteiger partial charge in [-0.05, 0) is 32.0 Å². The number of aromatic nitrogens is 1. The summed E-state index contributed by atoms with van der Waals surface area (Å²) in [5.74, 6) is 0. The maximum absolute atomic E-state index is 6.49. The molecule has 1 aliphatic heterocycles. The molecule has 1 aromatic heterocycles. The van der Waals surface area contributed by atoms with E-state index in [-0.39, 0.29) is 12.2 Å². The van der Waals surface area contributed by atoms with Crippen LogP contribution >= 0.6 is 34.5 Å². The van der Waals surface area contributed by atoms with Gasteiger partial charge in [-0.1, -0.05) is 23.2 Å². The molecule has 1 aliphatic rings. The molecule has 0 bridgehead atoms. The first-order chi connectivity index (χ1) is 11.0. The molecule has 2 heterocycles. The van der Waals surface area contributed by atoms with E-state index in [0.717, 1.165) is 34.4 Å². The van der Waals surface area contributed by atoms with E-state index in [4.69, 9.17) is 27.9 Å². The number of nitrogens with one attached hydrogen (secondary N) is 1. The van der Waals surface area contributed by atoms with E-state index < -0.39 is 0 Å². The Labute approximate surface area is 150 Å². The Morgan fingerprint density at radius 1 is 1.30 bits per heavy atom. The van der Waals surface area contributed by atoms with Crippen molar-refractivity contribution in [1.82, 2.24) is 4.98 Å². The first-order valence-corrected chi connectivity index (χ1v) is 9.12. The Morgan fingerprint density at radius 3 is 2.65 bits per heavy atom. The molecule has 2 aromatic rings. The van der Waals surface area contributed by atoms with Crippen LogP contribution in [0.1, 0.15) is 18.7 Å². The highest BCUT2D eigenvalue weighted by Crippen LogP contribution is 2.31. The summed E-state index contributed by atoms with van der Waals surface area (Å²) in [5, 5.41) is 4.10. The van der Waals surface area contributed by atoms with Crippen LogP contribution in [0.2, 0.25) is 9.49 Å². The summed E-state index contributed by atoms with van der Waals surface area (Å²) in [4.78, 5) is 7.41. The summed E-state index contributed by atoms with van der Waals surface area (Å²) in [6, 6.07) is 6.08. The Hall–Kier alpha value is -1.01. The van der Waals surface area contributed by atoms with Gasteiger partial charge in [-0.3, -0.25) is 0 Å². The van der Waals surface area contributed by atoms with Crippen molar-refractivity contribution in [3.05, 3.63) is 38.8 Å². The van der Waals surface area contributed by atoms with Gasteiger partial charge in [0.25, 0.3) is 0 Å². The van der Waals surface area contributed by atoms with Gasteiger partial charge in [0, 0.05) is 29.9 Å². The van der Waals surface area contributed by atoms with Crippen molar-refractivity contribution in [3.8, 4) is 0 Å². The van der Waals surface area contributed by atoms with E-state index in [2.05, 4.69) is 41.2 Å². The molecule has 0 radical (unpaired) electrons. The fraction of sp³-hybridized carbons (Fsp3) is 0.438. The highest BCUT2D eigenvalue weighted by molar-refractivity contribution is 7.15. The number of nitrogens with zero attached hydrogens (tertiary/aromatic N) is 2. The van der Waals surface area contributed by atoms with Gasteiger partial charge >= 0.3 is 0 Å². The minimum atomic E-state index is 0.212. The lowest BCUT2D eigenvalue weighted by Crippen LogP contribution is -2.45. The number of rotatable bonds is 4. The zero-order chi connectivity index (χ0) is 16.4. The topological polar surface area (TPSA) is 37.4 Å². The standard InChI is InChI=1S/C16H19Cl2N3OS/c1-10-8-21(9-11(2)22-10)15-4-3-12(5-14(15)17)19-6-13-7-20-16(18)23-13/h3-5,7,10-11,19H,6,8-9H2,1-2H3. The Balaban J connectivity index is 1.68. The Morgan fingerprint density at radius 2 is 2.04 bits per heavy atom. The Kier molecular flexibility index (Phi) is 5.31. The molecule has 124 valence electrons. The van der Waals surface area contributed by atoms with Crippen molar-refractivity contribution in [2.24, 2.45) is 0 Å². The van der Waals surface area contributed by atoms with Gasteiger partial charge in [0.2, 0.25) is 0 Å². The number of thiazole rings is 1. The van der Waals surface area contributed by atoms with Crippen molar-refractivity contribution in [2.45, 2.75) is 32.6 Å². The highest BCUT2D eigenvalue weighted by atomic mass is 35.5. The van der Waals surface area contributed by atoms with Crippen molar-refractivity contribution >= 4 is 45.9 Å². The molecular formula is C16H19Cl2N3OS. The maximum Gasteiger partial charge on any atom is 0.183 e. The minimum absolute atomic E-state index is 0.212. The fourth-order valence-electron chi connectivity index (χ4n) is 2.80. The van der Waals surface area contributed by atoms with Gasteiger partial charge in [0.05, 0.1) is 29.5 Å². The summed E-state index contributed by atoms with van der Waals surface area (Å²) in [6.45, 7) is 6.58. The number of morpholine rings is 1. The van der Waals surface area contributed by atoms with Gasteiger partial charge in [0.1, 0.15) is 0 Å². The highest BCUT2D eigenvalue weighted by Gasteiger charge is 2.23. The molecule has 0 spiro atoms. The molecule has 23 heavy (non-hydrogen) atoms. The third kappa shape index (κ3) is 4.29. The quantitative estimate of drug-likeness (QED) is 0.846. The van der Waals surface area contributed by atoms with Crippen LogP contribution in [0.5, 0.6) is 0 Å². The molecule has 4 nitrogen and oxygen atoms in total. The maximum atomic E-state index is 6.49. The largest absolute Gasteiger partial charge is 0.380 e. The molecule has 2 atom stereocenters. The van der Waals surface area contributed by atoms with E-state index in [0.29, 0.717) is 11.0 Å². The van der Waals surface area contributed by atoms with Gasteiger partial charge in [-0.25, -0.2) is 4.98 Å². The molecule has 3 rings (SSSR count). The summed E-state index contributed by atoms with van der Waals surface area (Å²) in [6.07, 6.45) is 2.21. The van der Waals surface area contributed by atoms with E-state index in [1.807, 2.05) is 6.07 Å². The number of halogens is 2. The van der Waals surface area contributed by atoms with E-state index in [9.17, 15) is 0 Å². The Bertz CT molecular complexity index is 669. The fourth-order valence-corrected chi connectivity index (χ4v) is 4.02. The van der Waals surface area contributed by atoms with Gasteiger partial charge in [0.15, 0.2) is 4.47 Å². The first kappa shape index (κ1) is 16.8. The van der Waals surface area contributed by atoms with E-state index >= 15 is 0 Å². The van der Waals surface area contributed by atoms with Crippen molar-refractivity contribution in [1.29, 1.82) is 0 Å².